The zero-order valence-corrected chi connectivity index (χ0v) is 15.0. The van der Waals surface area contributed by atoms with Crippen LogP contribution in [0.15, 0.2) is 36.5 Å². The first-order valence-corrected chi connectivity index (χ1v) is 9.20. The molecule has 0 bridgehead atoms. The maximum absolute atomic E-state index is 13.9. The van der Waals surface area contributed by atoms with Crippen LogP contribution in [-0.2, 0) is 9.53 Å². The lowest BCUT2D eigenvalue weighted by atomic mass is 10.2. The van der Waals surface area contributed by atoms with Gasteiger partial charge in [0.05, 0.1) is 18.9 Å². The van der Waals surface area contributed by atoms with Crippen molar-refractivity contribution in [2.45, 2.75) is 18.9 Å². The Labute approximate surface area is 157 Å². The van der Waals surface area contributed by atoms with Crippen molar-refractivity contribution in [1.29, 1.82) is 0 Å². The number of morpholine rings is 1. The summed E-state index contributed by atoms with van der Waals surface area (Å²) in [6, 6.07) is 7.86. The van der Waals surface area contributed by atoms with Crippen molar-refractivity contribution in [3.8, 4) is 0 Å². The van der Waals surface area contributed by atoms with Crippen LogP contribution in [0, 0.1) is 5.82 Å². The average molecular weight is 371 g/mol. The van der Waals surface area contributed by atoms with Crippen molar-refractivity contribution in [1.82, 2.24) is 14.9 Å². The van der Waals surface area contributed by atoms with Gasteiger partial charge in [0.25, 0.3) is 0 Å². The number of hydrogen-bond donors (Lipinski definition) is 1. The van der Waals surface area contributed by atoms with E-state index in [0.717, 1.165) is 19.4 Å². The smallest absolute Gasteiger partial charge is 0.245 e. The summed E-state index contributed by atoms with van der Waals surface area (Å²) in [5.41, 5.74) is 0.351. The van der Waals surface area contributed by atoms with E-state index in [9.17, 15) is 9.18 Å². The molecule has 0 spiro atoms. The molecule has 2 fully saturated rings. The predicted molar refractivity (Wildman–Crippen MR) is 99.5 cm³/mol. The molecule has 7 nitrogen and oxygen atoms in total. The molecular weight excluding hydrogens is 349 g/mol. The fourth-order valence-corrected chi connectivity index (χ4v) is 3.51. The van der Waals surface area contributed by atoms with Crippen LogP contribution in [-0.4, -0.2) is 59.7 Å². The van der Waals surface area contributed by atoms with Crippen molar-refractivity contribution in [2.75, 3.05) is 43.1 Å². The summed E-state index contributed by atoms with van der Waals surface area (Å²) in [5.74, 6) is 0.737. The molecule has 0 saturated carbocycles. The lowest BCUT2D eigenvalue weighted by Gasteiger charge is -2.32. The van der Waals surface area contributed by atoms with Crippen LogP contribution >= 0.6 is 0 Å². The molecule has 1 unspecified atom stereocenters. The van der Waals surface area contributed by atoms with Gasteiger partial charge in [-0.05, 0) is 31.0 Å². The molecule has 2 aromatic rings. The van der Waals surface area contributed by atoms with Crippen LogP contribution in [0.3, 0.4) is 0 Å². The highest BCUT2D eigenvalue weighted by atomic mass is 19.1. The number of para-hydroxylation sites is 1. The second-order valence-corrected chi connectivity index (χ2v) is 6.64. The molecule has 1 aromatic carbocycles. The molecule has 1 amide bonds. The first-order chi connectivity index (χ1) is 13.2. The quantitative estimate of drug-likeness (QED) is 0.888. The minimum atomic E-state index is -0.348. The molecule has 3 heterocycles. The van der Waals surface area contributed by atoms with E-state index in [4.69, 9.17) is 4.74 Å². The molecule has 1 aromatic heterocycles. The molecule has 1 atom stereocenters. The van der Waals surface area contributed by atoms with Crippen LogP contribution in [0.4, 0.5) is 21.8 Å². The monoisotopic (exact) mass is 371 g/mol. The molecule has 0 aliphatic carbocycles. The van der Waals surface area contributed by atoms with Gasteiger partial charge in [-0.2, -0.15) is 4.98 Å². The van der Waals surface area contributed by atoms with Crippen molar-refractivity contribution in [3.05, 3.63) is 42.3 Å². The molecule has 0 radical (unpaired) electrons. The minimum Gasteiger partial charge on any atom is -0.378 e. The first-order valence-electron chi connectivity index (χ1n) is 9.20. The Bertz CT molecular complexity index is 812. The van der Waals surface area contributed by atoms with Gasteiger partial charge in [-0.1, -0.05) is 12.1 Å². The Morgan fingerprint density at radius 3 is 2.81 bits per heavy atom. The van der Waals surface area contributed by atoms with Gasteiger partial charge in [-0.15, -0.1) is 0 Å². The fourth-order valence-electron chi connectivity index (χ4n) is 3.51. The van der Waals surface area contributed by atoms with Crippen LogP contribution in [0.2, 0.25) is 0 Å². The van der Waals surface area contributed by atoms with Gasteiger partial charge in [0.1, 0.15) is 17.7 Å². The number of amides is 1. The lowest BCUT2D eigenvalue weighted by molar-refractivity contribution is -0.136. The molecule has 1 N–H and O–H groups in total. The topological polar surface area (TPSA) is 70.6 Å². The molecule has 2 aliphatic heterocycles. The zero-order chi connectivity index (χ0) is 18.6. The number of carbonyl (C=O) groups excluding carboxylic acids is 1. The van der Waals surface area contributed by atoms with E-state index in [1.165, 1.54) is 6.07 Å². The Hall–Kier alpha value is -2.74. The molecule has 2 saturated heterocycles. The highest BCUT2D eigenvalue weighted by Crippen LogP contribution is 2.26. The number of halogens is 1. The van der Waals surface area contributed by atoms with Crippen molar-refractivity contribution in [3.63, 3.8) is 0 Å². The number of hydrogen-bond acceptors (Lipinski definition) is 6. The van der Waals surface area contributed by atoms with Gasteiger partial charge in [0.15, 0.2) is 0 Å². The molecule has 4 rings (SSSR count). The van der Waals surface area contributed by atoms with Gasteiger partial charge in [-0.25, -0.2) is 9.37 Å². The number of carbonyl (C=O) groups is 1. The largest absolute Gasteiger partial charge is 0.378 e. The van der Waals surface area contributed by atoms with Gasteiger partial charge in [-0.3, -0.25) is 4.79 Å². The highest BCUT2D eigenvalue weighted by molar-refractivity contribution is 5.85. The summed E-state index contributed by atoms with van der Waals surface area (Å²) in [5, 5.41) is 2.98. The van der Waals surface area contributed by atoms with Crippen LogP contribution in [0.5, 0.6) is 0 Å². The van der Waals surface area contributed by atoms with Crippen LogP contribution in [0.25, 0.3) is 0 Å². The van der Waals surface area contributed by atoms with E-state index < -0.39 is 0 Å². The fraction of sp³-hybridized carbons (Fsp3) is 0.421. The van der Waals surface area contributed by atoms with Crippen molar-refractivity contribution in [2.24, 2.45) is 0 Å². The highest BCUT2D eigenvalue weighted by Gasteiger charge is 2.35. The molecule has 8 heteroatoms. The molecule has 27 heavy (non-hydrogen) atoms. The Balaban J connectivity index is 1.52. The number of nitrogens with one attached hydrogen (secondary N) is 1. The summed E-state index contributed by atoms with van der Waals surface area (Å²) >= 11 is 0. The summed E-state index contributed by atoms with van der Waals surface area (Å²) in [6.07, 6.45) is 3.32. The Morgan fingerprint density at radius 1 is 1.19 bits per heavy atom. The first kappa shape index (κ1) is 17.7. The maximum Gasteiger partial charge on any atom is 0.245 e. The summed E-state index contributed by atoms with van der Waals surface area (Å²) in [6.45, 7) is 3.13. The molecule has 2 aliphatic rings. The normalized spacial score (nSPS) is 20.0. The number of benzene rings is 1. The Morgan fingerprint density at radius 2 is 2.00 bits per heavy atom. The third-order valence-corrected chi connectivity index (χ3v) is 4.90. The second-order valence-electron chi connectivity index (χ2n) is 6.64. The van der Waals surface area contributed by atoms with Gasteiger partial charge < -0.3 is 19.9 Å². The van der Waals surface area contributed by atoms with E-state index in [1.54, 1.807) is 30.5 Å². The van der Waals surface area contributed by atoms with E-state index in [0.29, 0.717) is 43.8 Å². The van der Waals surface area contributed by atoms with E-state index in [2.05, 4.69) is 15.3 Å². The Kier molecular flexibility index (Phi) is 5.15. The third-order valence-electron chi connectivity index (χ3n) is 4.90. The van der Waals surface area contributed by atoms with E-state index in [1.807, 2.05) is 9.80 Å². The van der Waals surface area contributed by atoms with Gasteiger partial charge in [0, 0.05) is 25.8 Å². The third kappa shape index (κ3) is 3.85. The second kappa shape index (κ2) is 7.87. The average Bonchev–Trinajstić information content (AvgIpc) is 3.20. The summed E-state index contributed by atoms with van der Waals surface area (Å²) < 4.78 is 19.2. The molecular formula is C19H22FN5O2. The maximum atomic E-state index is 13.9. The number of anilines is 3. The minimum absolute atomic E-state index is 0.104. The zero-order valence-electron chi connectivity index (χ0n) is 15.0. The van der Waals surface area contributed by atoms with Gasteiger partial charge in [0.2, 0.25) is 11.9 Å². The summed E-state index contributed by atoms with van der Waals surface area (Å²) in [7, 11) is 0. The van der Waals surface area contributed by atoms with Crippen LogP contribution in [0.1, 0.15) is 12.8 Å². The SMILES string of the molecule is O=C(C1CCCN1c1nccc(Nc2ccccc2F)n1)N1CCOCC1. The number of rotatable bonds is 4. The van der Waals surface area contributed by atoms with Crippen molar-refractivity contribution >= 4 is 23.4 Å². The number of ether oxygens (including phenoxy) is 1. The van der Waals surface area contributed by atoms with Crippen molar-refractivity contribution < 1.29 is 13.9 Å². The standard InChI is InChI=1S/C19H22FN5O2/c20-14-4-1-2-5-15(14)22-17-7-8-21-19(23-17)25-9-3-6-16(25)18(26)24-10-12-27-13-11-24/h1-2,4-5,7-8,16H,3,6,9-13H2,(H,21,22,23). The molecule has 142 valence electrons. The van der Waals surface area contributed by atoms with E-state index >= 15 is 0 Å². The van der Waals surface area contributed by atoms with Crippen LogP contribution < -0.4 is 10.2 Å². The lowest BCUT2D eigenvalue weighted by Crippen LogP contribution is -2.50. The summed E-state index contributed by atoms with van der Waals surface area (Å²) in [4.78, 5) is 25.6. The van der Waals surface area contributed by atoms with Gasteiger partial charge >= 0.3 is 0 Å². The van der Waals surface area contributed by atoms with E-state index in [-0.39, 0.29) is 17.8 Å². The number of aromatic nitrogens is 2. The predicted octanol–water partition coefficient (Wildman–Crippen LogP) is 2.19. The number of nitrogens with zero attached hydrogens (tertiary/aromatic N) is 4.